The minimum absolute atomic E-state index is 0.00903. The number of carboxylic acids is 1. The van der Waals surface area contributed by atoms with Crippen LogP contribution in [0.2, 0.25) is 0 Å². The van der Waals surface area contributed by atoms with E-state index in [1.807, 2.05) is 0 Å². The molecule has 15 N–H and O–H groups in total. The van der Waals surface area contributed by atoms with Gasteiger partial charge in [-0.2, -0.15) is 0 Å². The van der Waals surface area contributed by atoms with E-state index in [1.54, 1.807) is 54.6 Å². The number of primary amides is 1. The van der Waals surface area contributed by atoms with E-state index in [1.165, 1.54) is 69.9 Å². The van der Waals surface area contributed by atoms with Gasteiger partial charge < -0.3 is 74.0 Å². The lowest BCUT2D eigenvalue weighted by molar-refractivity contribution is -0.139. The van der Waals surface area contributed by atoms with Crippen LogP contribution in [-0.4, -0.2) is 142 Å². The Bertz CT molecular complexity index is 3360. The number of ether oxygens (including phenoxy) is 4. The monoisotopic (exact) mass is 1270 g/mol. The van der Waals surface area contributed by atoms with Crippen molar-refractivity contribution < 1.29 is 72.0 Å². The minimum atomic E-state index is -1.34. The Morgan fingerprint density at radius 1 is 0.391 bits per heavy atom. The number of benzene rings is 5. The Kier molecular flexibility index (Phi) is 30.6. The summed E-state index contributed by atoms with van der Waals surface area (Å²) < 4.78 is 21.9. The third-order valence-electron chi connectivity index (χ3n) is 15.3. The van der Waals surface area contributed by atoms with Gasteiger partial charge in [0, 0.05) is 31.2 Å². The van der Waals surface area contributed by atoms with Crippen LogP contribution < -0.4 is 68.9 Å². The Hall–Kier alpha value is -9.36. The summed E-state index contributed by atoms with van der Waals surface area (Å²) in [5, 5.41) is 20.8. The van der Waals surface area contributed by atoms with E-state index in [0.717, 1.165) is 0 Å². The molecule has 0 aliphatic heterocycles. The minimum Gasteiger partial charge on any atom is -0.496 e. The molecule has 4 atom stereocenters. The summed E-state index contributed by atoms with van der Waals surface area (Å²) in [6.07, 6.45) is 4.08. The number of nitrogens with two attached hydrogens (primary N) is 5. The standard InChI is InChI=1S/C68H87N9O15/c1-89-59-25-21-42(33-47(59)64(73)84)37-56(79)54(20-10-14-32-72)77-68(88)50-36-45(24-28-62(50)92-41-63(82)83)40-58(81)53(19-9-13-31-71)76-67(87)49-35-44(23-27-61(49)91-3)39-57(80)52(18-8-12-30-70)75-66(86)48-34-43(22-26-60(48)90-2)38-55(78)51(17-7-11-29-69)74-65(85)46-15-5-4-6-16-46/h4-6,15-16,21-28,33-36,51-54H,7-14,17-20,29-32,37-41,69-72H2,1-3H3,(H2,73,84)(H,74,85)(H,75,86)(H,76,87)(H,77,88)(H,82,83)/t51-,52-,53-,54-/m0/s1. The number of carboxylic acid groups (broad SMARTS) is 1. The van der Waals surface area contributed by atoms with E-state index in [0.29, 0.717) is 106 Å². The molecule has 0 fully saturated rings. The number of amides is 5. The van der Waals surface area contributed by atoms with Gasteiger partial charge in [-0.25, -0.2) is 4.79 Å². The fourth-order valence-electron chi connectivity index (χ4n) is 10.3. The topological polar surface area (TPSA) is 406 Å². The van der Waals surface area contributed by atoms with E-state index in [-0.39, 0.29) is 102 Å². The number of carbonyl (C=O) groups is 10. The van der Waals surface area contributed by atoms with Crippen LogP contribution in [-0.2, 0) is 49.7 Å². The third kappa shape index (κ3) is 22.8. The molecule has 5 aromatic rings. The number of hydrogen-bond acceptors (Lipinski definition) is 18. The first-order valence-corrected chi connectivity index (χ1v) is 30.8. The molecule has 0 saturated heterocycles. The quantitative estimate of drug-likeness (QED) is 0.0241. The molecule has 5 aromatic carbocycles. The molecular weight excluding hydrogens is 1180 g/mol. The summed E-state index contributed by atoms with van der Waals surface area (Å²) in [4.78, 5) is 137. The van der Waals surface area contributed by atoms with Crippen molar-refractivity contribution in [2.24, 2.45) is 28.7 Å². The summed E-state index contributed by atoms with van der Waals surface area (Å²) in [5.41, 5.74) is 30.6. The van der Waals surface area contributed by atoms with E-state index < -0.39 is 83.6 Å². The average molecular weight is 1270 g/mol. The number of nitrogens with one attached hydrogen (secondary N) is 4. The third-order valence-corrected chi connectivity index (χ3v) is 15.3. The molecule has 0 aliphatic carbocycles. The number of hydrogen-bond donors (Lipinski definition) is 10. The lowest BCUT2D eigenvalue weighted by Crippen LogP contribution is -2.42. The second kappa shape index (κ2) is 38.4. The molecule has 92 heavy (non-hydrogen) atoms. The van der Waals surface area contributed by atoms with Gasteiger partial charge in [0.25, 0.3) is 29.5 Å². The summed E-state index contributed by atoms with van der Waals surface area (Å²) in [7, 11) is 4.11. The zero-order valence-corrected chi connectivity index (χ0v) is 52.5. The van der Waals surface area contributed by atoms with Gasteiger partial charge >= 0.3 is 5.97 Å². The van der Waals surface area contributed by atoms with Crippen molar-refractivity contribution in [3.63, 3.8) is 0 Å². The molecule has 24 nitrogen and oxygen atoms in total. The fourth-order valence-corrected chi connectivity index (χ4v) is 10.3. The summed E-state index contributed by atoms with van der Waals surface area (Å²) in [6.45, 7) is 0.524. The highest BCUT2D eigenvalue weighted by Crippen LogP contribution is 2.27. The van der Waals surface area contributed by atoms with Gasteiger partial charge in [-0.15, -0.1) is 0 Å². The van der Waals surface area contributed by atoms with Crippen molar-refractivity contribution in [3.05, 3.63) is 153 Å². The normalized spacial score (nSPS) is 12.2. The summed E-state index contributed by atoms with van der Waals surface area (Å²) in [5.74, 6) is -5.92. The number of unbranched alkanes of at least 4 members (excludes halogenated alkanes) is 4. The lowest BCUT2D eigenvalue weighted by atomic mass is 9.95. The lowest BCUT2D eigenvalue weighted by Gasteiger charge is -2.21. The van der Waals surface area contributed by atoms with Crippen LogP contribution in [0.3, 0.4) is 0 Å². The van der Waals surface area contributed by atoms with Crippen LogP contribution >= 0.6 is 0 Å². The van der Waals surface area contributed by atoms with Gasteiger partial charge in [0.1, 0.15) is 23.0 Å². The maximum Gasteiger partial charge on any atom is 0.341 e. The first kappa shape index (κ1) is 73.4. The highest BCUT2D eigenvalue weighted by Gasteiger charge is 2.30. The number of aliphatic carboxylic acids is 1. The maximum absolute atomic E-state index is 14.4. The summed E-state index contributed by atoms with van der Waals surface area (Å²) in [6, 6.07) is 22.4. The van der Waals surface area contributed by atoms with Crippen molar-refractivity contribution in [3.8, 4) is 23.0 Å². The van der Waals surface area contributed by atoms with Gasteiger partial charge in [0.05, 0.1) is 67.8 Å². The highest BCUT2D eigenvalue weighted by atomic mass is 16.5. The number of ketones is 4. The molecule has 0 spiro atoms. The van der Waals surface area contributed by atoms with Crippen LogP contribution in [0, 0.1) is 0 Å². The van der Waals surface area contributed by atoms with E-state index in [2.05, 4.69) is 21.3 Å². The molecule has 0 bridgehead atoms. The molecule has 0 aromatic heterocycles. The molecule has 0 aliphatic rings. The van der Waals surface area contributed by atoms with Crippen molar-refractivity contribution in [1.29, 1.82) is 0 Å². The highest BCUT2D eigenvalue weighted by molar-refractivity contribution is 6.04. The predicted octanol–water partition coefficient (Wildman–Crippen LogP) is 4.43. The van der Waals surface area contributed by atoms with Gasteiger partial charge in [0.15, 0.2) is 29.7 Å². The van der Waals surface area contributed by atoms with Gasteiger partial charge in [-0.1, -0.05) is 42.5 Å². The van der Waals surface area contributed by atoms with Crippen molar-refractivity contribution >= 4 is 58.6 Å². The van der Waals surface area contributed by atoms with Crippen LogP contribution in [0.4, 0.5) is 0 Å². The second-order valence-corrected chi connectivity index (χ2v) is 22.2. The Labute approximate surface area is 535 Å². The maximum atomic E-state index is 14.4. The number of Topliss-reactive ketones (excluding diaryl/α,β-unsaturated/α-hetero) is 4. The van der Waals surface area contributed by atoms with Crippen LogP contribution in [0.1, 0.15) is 151 Å². The van der Waals surface area contributed by atoms with Crippen LogP contribution in [0.5, 0.6) is 23.0 Å². The number of methoxy groups -OCH3 is 3. The van der Waals surface area contributed by atoms with E-state index in [9.17, 15) is 53.1 Å². The first-order valence-electron chi connectivity index (χ1n) is 30.8. The van der Waals surface area contributed by atoms with Gasteiger partial charge in [-0.05, 0) is 186 Å². The number of rotatable bonds is 43. The van der Waals surface area contributed by atoms with Crippen LogP contribution in [0.25, 0.3) is 0 Å². The van der Waals surface area contributed by atoms with Crippen molar-refractivity contribution in [1.82, 2.24) is 21.3 Å². The zero-order chi connectivity index (χ0) is 67.1. The summed E-state index contributed by atoms with van der Waals surface area (Å²) >= 11 is 0. The molecule has 494 valence electrons. The van der Waals surface area contributed by atoms with E-state index in [4.69, 9.17) is 47.6 Å². The molecule has 0 unspecified atom stereocenters. The predicted molar refractivity (Wildman–Crippen MR) is 345 cm³/mol. The molecule has 0 heterocycles. The molecule has 5 rings (SSSR count). The molecule has 5 amide bonds. The molecule has 24 heteroatoms. The smallest absolute Gasteiger partial charge is 0.341 e. The fraction of sp³-hybridized carbons (Fsp3) is 0.412. The number of carbonyl (C=O) groups excluding carboxylic acids is 9. The zero-order valence-electron chi connectivity index (χ0n) is 52.5. The first-order chi connectivity index (χ1) is 44.3. The van der Waals surface area contributed by atoms with Gasteiger partial charge in [0.2, 0.25) is 0 Å². The largest absolute Gasteiger partial charge is 0.496 e. The van der Waals surface area contributed by atoms with Crippen LogP contribution in [0.15, 0.2) is 103 Å². The van der Waals surface area contributed by atoms with Crippen molar-refractivity contribution in [2.45, 2.75) is 127 Å². The molecule has 0 radical (unpaired) electrons. The Morgan fingerprint density at radius 2 is 0.685 bits per heavy atom. The Balaban J connectivity index is 1.36. The average Bonchev–Trinajstić information content (AvgIpc) is 0.985. The molecule has 0 saturated carbocycles. The molecular formula is C68H87N9O15. The second-order valence-electron chi connectivity index (χ2n) is 22.2. The van der Waals surface area contributed by atoms with Crippen molar-refractivity contribution in [2.75, 3.05) is 54.1 Å². The van der Waals surface area contributed by atoms with E-state index >= 15 is 0 Å². The van der Waals surface area contributed by atoms with Gasteiger partial charge in [-0.3, -0.25) is 43.2 Å². The Morgan fingerprint density at radius 3 is 0.989 bits per heavy atom. The SMILES string of the molecule is COc1ccc(CC(=O)[C@H](CCCCN)NC(=O)c2cc(CC(=O)[C@H](CCCCN)NC(=O)c3cc(CC(=O)[C@H](CCCCN)NC(=O)c4cc(CC(=O)[C@H](CCCCN)NC(=O)c5ccccc5)ccc4OC)ccc3OC)ccc2OCC(=O)O)cc1C(N)=O.